The van der Waals surface area contributed by atoms with Gasteiger partial charge in [-0.05, 0) is 19.3 Å². The van der Waals surface area contributed by atoms with Crippen LogP contribution in [0, 0.1) is 5.92 Å². The van der Waals surface area contributed by atoms with Crippen LogP contribution in [0.5, 0.6) is 0 Å². The number of rotatable bonds is 8. The lowest BCUT2D eigenvalue weighted by molar-refractivity contribution is 0.310. The normalized spacial score (nSPS) is 28.5. The lowest BCUT2D eigenvalue weighted by Gasteiger charge is -2.33. The molecule has 2 heteroatoms. The number of nitrogens with one attached hydrogen (secondary N) is 1. The van der Waals surface area contributed by atoms with Gasteiger partial charge in [0, 0.05) is 18.2 Å². The first kappa shape index (κ1) is 14.7. The maximum atomic E-state index is 4.69. The van der Waals surface area contributed by atoms with Crippen molar-refractivity contribution in [3.63, 3.8) is 0 Å². The van der Waals surface area contributed by atoms with E-state index >= 15 is 0 Å². The van der Waals surface area contributed by atoms with Gasteiger partial charge < -0.3 is 0 Å². The molecule has 0 aromatic carbocycles. The second-order valence-electron chi connectivity index (χ2n) is 5.32. The van der Waals surface area contributed by atoms with Gasteiger partial charge in [0.1, 0.15) is 0 Å². The largest absolute Gasteiger partial charge is 0.292 e. The Hall–Kier alpha value is -0.370. The first-order chi connectivity index (χ1) is 8.31. The molecule has 2 nitrogen and oxygen atoms in total. The molecule has 1 aliphatic rings. The van der Waals surface area contributed by atoms with Crippen molar-refractivity contribution in [3.05, 3.63) is 0 Å². The zero-order valence-electron chi connectivity index (χ0n) is 11.9. The zero-order chi connectivity index (χ0) is 12.5. The molecule has 0 bridgehead atoms. The molecule has 100 valence electrons. The van der Waals surface area contributed by atoms with Crippen molar-refractivity contribution in [2.45, 2.75) is 84.3 Å². The molecule has 0 aromatic rings. The van der Waals surface area contributed by atoms with E-state index in [1.807, 2.05) is 0 Å². The summed E-state index contributed by atoms with van der Waals surface area (Å²) in [5, 5.41) is 3.76. The quantitative estimate of drug-likeness (QED) is 0.675. The Labute approximate surface area is 107 Å². The van der Waals surface area contributed by atoms with Crippen LogP contribution in [-0.2, 0) is 0 Å². The van der Waals surface area contributed by atoms with Crippen LogP contribution in [0.2, 0.25) is 0 Å². The van der Waals surface area contributed by atoms with Crippen LogP contribution in [0.15, 0.2) is 4.99 Å². The highest BCUT2D eigenvalue weighted by Crippen LogP contribution is 2.20. The van der Waals surface area contributed by atoms with Gasteiger partial charge in [-0.1, -0.05) is 52.9 Å². The summed E-state index contributed by atoms with van der Waals surface area (Å²) in [7, 11) is 0. The highest BCUT2D eigenvalue weighted by atomic mass is 15.1. The van der Waals surface area contributed by atoms with Crippen LogP contribution in [0.3, 0.4) is 0 Å². The molecule has 0 radical (unpaired) electrons. The Morgan fingerprint density at radius 2 is 1.65 bits per heavy atom. The second-order valence-corrected chi connectivity index (χ2v) is 5.32. The van der Waals surface area contributed by atoms with Crippen LogP contribution < -0.4 is 5.32 Å². The van der Waals surface area contributed by atoms with Gasteiger partial charge >= 0.3 is 0 Å². The Morgan fingerprint density at radius 3 is 2.29 bits per heavy atom. The van der Waals surface area contributed by atoms with Crippen LogP contribution in [0.1, 0.15) is 72.1 Å². The lowest BCUT2D eigenvalue weighted by atomic mass is 9.90. The van der Waals surface area contributed by atoms with Gasteiger partial charge in [0.25, 0.3) is 0 Å². The Bertz CT molecular complexity index is 213. The van der Waals surface area contributed by atoms with Gasteiger partial charge in [0.15, 0.2) is 0 Å². The molecule has 0 aliphatic carbocycles. The van der Waals surface area contributed by atoms with E-state index in [1.165, 1.54) is 51.4 Å². The monoisotopic (exact) mass is 238 g/mol. The highest BCUT2D eigenvalue weighted by Gasteiger charge is 2.25. The number of aliphatic imine (C=N–C) groups is 1. The van der Waals surface area contributed by atoms with Crippen molar-refractivity contribution in [2.75, 3.05) is 0 Å². The van der Waals surface area contributed by atoms with E-state index in [4.69, 9.17) is 0 Å². The highest BCUT2D eigenvalue weighted by molar-refractivity contribution is 5.63. The van der Waals surface area contributed by atoms with E-state index in [9.17, 15) is 0 Å². The molecule has 3 unspecified atom stereocenters. The molecule has 1 rings (SSSR count). The molecule has 3 atom stereocenters. The first-order valence-corrected chi connectivity index (χ1v) is 7.61. The summed E-state index contributed by atoms with van der Waals surface area (Å²) in [6, 6.07) is 0.675. The van der Waals surface area contributed by atoms with Crippen molar-refractivity contribution >= 4 is 6.21 Å². The van der Waals surface area contributed by atoms with E-state index in [2.05, 4.69) is 37.3 Å². The predicted molar refractivity (Wildman–Crippen MR) is 76.7 cm³/mol. The van der Waals surface area contributed by atoms with Gasteiger partial charge in [0.05, 0.1) is 6.17 Å². The molecule has 17 heavy (non-hydrogen) atoms. The van der Waals surface area contributed by atoms with E-state index < -0.39 is 0 Å². The molecule has 1 N–H and O–H groups in total. The van der Waals surface area contributed by atoms with Crippen molar-refractivity contribution in [3.8, 4) is 0 Å². The third-order valence-corrected chi connectivity index (χ3v) is 3.70. The van der Waals surface area contributed by atoms with Crippen molar-refractivity contribution in [1.29, 1.82) is 0 Å². The molecule has 1 aliphatic heterocycles. The molecular weight excluding hydrogens is 208 g/mol. The fourth-order valence-electron chi connectivity index (χ4n) is 2.62. The average Bonchev–Trinajstić information content (AvgIpc) is 2.36. The van der Waals surface area contributed by atoms with Gasteiger partial charge in [-0.25, -0.2) is 0 Å². The molecule has 0 spiro atoms. The van der Waals surface area contributed by atoms with Crippen LogP contribution >= 0.6 is 0 Å². The molecule has 0 fully saturated rings. The SMILES string of the molecule is CCCCC1N=CC(CCC)C(CCCC)N1. The molecule has 1 heterocycles. The maximum absolute atomic E-state index is 4.69. The summed E-state index contributed by atoms with van der Waals surface area (Å²) >= 11 is 0. The Morgan fingerprint density at radius 1 is 0.941 bits per heavy atom. The summed E-state index contributed by atoms with van der Waals surface area (Å²) in [4.78, 5) is 4.69. The van der Waals surface area contributed by atoms with Gasteiger partial charge in [-0.3, -0.25) is 10.3 Å². The molecule has 0 aromatic heterocycles. The minimum Gasteiger partial charge on any atom is -0.292 e. The Balaban J connectivity index is 2.47. The number of nitrogens with zero attached hydrogens (tertiary/aromatic N) is 1. The topological polar surface area (TPSA) is 24.4 Å². The van der Waals surface area contributed by atoms with Crippen molar-refractivity contribution in [2.24, 2.45) is 10.9 Å². The molecule has 0 amide bonds. The maximum Gasteiger partial charge on any atom is 0.0992 e. The summed E-state index contributed by atoms with van der Waals surface area (Å²) < 4.78 is 0. The molecule has 0 saturated heterocycles. The summed E-state index contributed by atoms with van der Waals surface area (Å²) in [5.74, 6) is 0.671. The van der Waals surface area contributed by atoms with Crippen LogP contribution in [0.25, 0.3) is 0 Å². The van der Waals surface area contributed by atoms with Crippen LogP contribution in [-0.4, -0.2) is 18.4 Å². The number of hydrogen-bond acceptors (Lipinski definition) is 2. The number of unbranched alkanes of at least 4 members (excludes halogenated alkanes) is 2. The van der Waals surface area contributed by atoms with E-state index in [0.29, 0.717) is 18.1 Å². The van der Waals surface area contributed by atoms with E-state index in [0.717, 1.165) is 0 Å². The van der Waals surface area contributed by atoms with Gasteiger partial charge in [-0.15, -0.1) is 0 Å². The third-order valence-electron chi connectivity index (χ3n) is 3.70. The van der Waals surface area contributed by atoms with Crippen LogP contribution in [0.4, 0.5) is 0 Å². The minimum absolute atomic E-state index is 0.393. The standard InChI is InChI=1S/C15H30N2/c1-4-7-10-14-13(9-6-3)12-16-15(17-14)11-8-5-2/h12-15,17H,4-11H2,1-3H3. The fraction of sp³-hybridized carbons (Fsp3) is 0.933. The lowest BCUT2D eigenvalue weighted by Crippen LogP contribution is -2.46. The summed E-state index contributed by atoms with van der Waals surface area (Å²) in [6.07, 6.45) is 12.9. The minimum atomic E-state index is 0.393. The first-order valence-electron chi connectivity index (χ1n) is 7.61. The predicted octanol–water partition coefficient (Wildman–Crippen LogP) is 4.15. The zero-order valence-corrected chi connectivity index (χ0v) is 11.9. The summed E-state index contributed by atoms with van der Waals surface area (Å²) in [5.41, 5.74) is 0. The Kier molecular flexibility index (Phi) is 7.50. The molecule has 0 saturated carbocycles. The van der Waals surface area contributed by atoms with E-state index in [-0.39, 0.29) is 0 Å². The van der Waals surface area contributed by atoms with Gasteiger partial charge in [0.2, 0.25) is 0 Å². The smallest absolute Gasteiger partial charge is 0.0992 e. The van der Waals surface area contributed by atoms with Crippen molar-refractivity contribution < 1.29 is 0 Å². The fourth-order valence-corrected chi connectivity index (χ4v) is 2.62. The third kappa shape index (κ3) is 5.20. The van der Waals surface area contributed by atoms with Crippen molar-refractivity contribution in [1.82, 2.24) is 5.32 Å². The summed E-state index contributed by atoms with van der Waals surface area (Å²) in [6.45, 7) is 6.80. The van der Waals surface area contributed by atoms with Gasteiger partial charge in [-0.2, -0.15) is 0 Å². The average molecular weight is 238 g/mol. The molecular formula is C15H30N2. The number of hydrogen-bond donors (Lipinski definition) is 1. The second kappa shape index (κ2) is 8.68. The van der Waals surface area contributed by atoms with E-state index in [1.54, 1.807) is 0 Å².